The number of ether oxygens (including phenoxy) is 1. The molecule has 0 aliphatic heterocycles. The fourth-order valence-corrected chi connectivity index (χ4v) is 1.57. The fourth-order valence-electron chi connectivity index (χ4n) is 1.30. The molecule has 1 aromatic rings. The number of aryl methyl sites for hydroxylation is 1. The lowest BCUT2D eigenvalue weighted by molar-refractivity contribution is 0.0870. The zero-order chi connectivity index (χ0) is 11.4. The largest absolute Gasteiger partial charge is 0.382 e. The molecule has 0 aromatic carbocycles. The topological polar surface area (TPSA) is 44.1 Å². The second kappa shape index (κ2) is 5.28. The van der Waals surface area contributed by atoms with Gasteiger partial charge in [0, 0.05) is 20.6 Å². The average molecular weight is 231 g/mol. The smallest absolute Gasteiger partial charge is 0.182 e. The average Bonchev–Trinajstić information content (AvgIpc) is 2.54. The van der Waals surface area contributed by atoms with E-state index in [4.69, 9.17) is 16.3 Å². The van der Waals surface area contributed by atoms with Crippen LogP contribution >= 0.6 is 11.6 Å². The van der Waals surface area contributed by atoms with E-state index in [2.05, 4.69) is 5.10 Å². The Balaban J connectivity index is 2.62. The lowest BCUT2D eigenvalue weighted by Crippen LogP contribution is -2.12. The Morgan fingerprint density at radius 1 is 1.73 bits per heavy atom. The maximum atomic E-state index is 11.8. The van der Waals surface area contributed by atoms with E-state index in [1.54, 1.807) is 14.2 Å². The molecule has 4 nitrogen and oxygen atoms in total. The molecule has 5 heteroatoms. The van der Waals surface area contributed by atoms with Crippen LogP contribution in [0.4, 0.5) is 0 Å². The Hall–Kier alpha value is -0.870. The molecule has 1 atom stereocenters. The summed E-state index contributed by atoms with van der Waals surface area (Å²) in [5.41, 5.74) is 0.472. The zero-order valence-electron chi connectivity index (χ0n) is 9.16. The maximum absolute atomic E-state index is 11.8. The molecule has 0 saturated carbocycles. The monoisotopic (exact) mass is 230 g/mol. The van der Waals surface area contributed by atoms with Crippen molar-refractivity contribution in [2.75, 3.05) is 7.11 Å². The number of carbonyl (C=O) groups excluding carboxylic acids is 1. The van der Waals surface area contributed by atoms with Crippen molar-refractivity contribution in [1.82, 2.24) is 9.78 Å². The van der Waals surface area contributed by atoms with Crippen LogP contribution < -0.4 is 0 Å². The summed E-state index contributed by atoms with van der Waals surface area (Å²) in [5, 5.41) is 4.33. The summed E-state index contributed by atoms with van der Waals surface area (Å²) in [4.78, 5) is 11.8. The summed E-state index contributed by atoms with van der Waals surface area (Å²) in [7, 11) is 3.34. The van der Waals surface area contributed by atoms with Gasteiger partial charge in [0.2, 0.25) is 0 Å². The van der Waals surface area contributed by atoms with Gasteiger partial charge >= 0.3 is 0 Å². The summed E-state index contributed by atoms with van der Waals surface area (Å²) in [5.74, 6) is 0.00361. The molecular weight excluding hydrogens is 216 g/mol. The molecule has 1 rings (SSSR count). The van der Waals surface area contributed by atoms with Gasteiger partial charge in [-0.3, -0.25) is 9.48 Å². The number of carbonyl (C=O) groups is 1. The van der Waals surface area contributed by atoms with E-state index in [0.29, 0.717) is 23.6 Å². The van der Waals surface area contributed by atoms with Crippen LogP contribution in [0.1, 0.15) is 30.3 Å². The van der Waals surface area contributed by atoms with Gasteiger partial charge < -0.3 is 4.74 Å². The quantitative estimate of drug-likeness (QED) is 0.728. The molecule has 0 aliphatic carbocycles. The molecule has 0 aliphatic rings. The Morgan fingerprint density at radius 3 is 2.87 bits per heavy atom. The summed E-state index contributed by atoms with van der Waals surface area (Å²) < 4.78 is 6.57. The van der Waals surface area contributed by atoms with Crippen LogP contribution in [0, 0.1) is 0 Å². The minimum absolute atomic E-state index is 0.00361. The van der Waals surface area contributed by atoms with Crippen molar-refractivity contribution >= 4 is 17.4 Å². The van der Waals surface area contributed by atoms with Crippen LogP contribution in [-0.4, -0.2) is 28.8 Å². The van der Waals surface area contributed by atoms with Crippen molar-refractivity contribution in [3.63, 3.8) is 0 Å². The number of nitrogens with zero attached hydrogens (tertiary/aromatic N) is 2. The molecule has 0 radical (unpaired) electrons. The number of aromatic nitrogens is 2. The highest BCUT2D eigenvalue weighted by atomic mass is 35.5. The lowest BCUT2D eigenvalue weighted by atomic mass is 10.1. The standard InChI is InChI=1S/C10H15ClN2O2/c1-7(15-3)4-5-9(14)10-8(11)6-12-13(10)2/h6-7H,4-5H2,1-3H3. The van der Waals surface area contributed by atoms with Crippen molar-refractivity contribution < 1.29 is 9.53 Å². The number of methoxy groups -OCH3 is 1. The molecule has 0 saturated heterocycles. The molecule has 1 heterocycles. The van der Waals surface area contributed by atoms with Crippen LogP contribution in [0.5, 0.6) is 0 Å². The van der Waals surface area contributed by atoms with Crippen LogP contribution in [0.3, 0.4) is 0 Å². The van der Waals surface area contributed by atoms with E-state index < -0.39 is 0 Å². The van der Waals surface area contributed by atoms with E-state index in [-0.39, 0.29) is 11.9 Å². The second-order valence-corrected chi connectivity index (χ2v) is 3.88. The number of Topliss-reactive ketones (excluding diaryl/α,β-unsaturated/α-hetero) is 1. The first kappa shape index (κ1) is 12.2. The first-order valence-electron chi connectivity index (χ1n) is 4.79. The van der Waals surface area contributed by atoms with Crippen molar-refractivity contribution in [2.24, 2.45) is 7.05 Å². The van der Waals surface area contributed by atoms with E-state index in [1.807, 2.05) is 6.92 Å². The predicted molar refractivity (Wildman–Crippen MR) is 58.3 cm³/mol. The molecule has 1 unspecified atom stereocenters. The third kappa shape index (κ3) is 3.04. The first-order valence-corrected chi connectivity index (χ1v) is 5.17. The Kier molecular flexibility index (Phi) is 4.29. The molecule has 0 spiro atoms. The van der Waals surface area contributed by atoms with Gasteiger partial charge in [-0.2, -0.15) is 5.10 Å². The molecule has 84 valence electrons. The Bertz CT molecular complexity index is 330. The van der Waals surface area contributed by atoms with Gasteiger partial charge in [0.05, 0.1) is 17.3 Å². The lowest BCUT2D eigenvalue weighted by Gasteiger charge is -2.08. The van der Waals surface area contributed by atoms with Crippen LogP contribution in [0.2, 0.25) is 5.02 Å². The highest BCUT2D eigenvalue weighted by Gasteiger charge is 2.16. The molecule has 0 bridgehead atoms. The third-order valence-corrected chi connectivity index (χ3v) is 2.62. The molecule has 15 heavy (non-hydrogen) atoms. The van der Waals surface area contributed by atoms with Gasteiger partial charge in [0.25, 0.3) is 0 Å². The normalized spacial score (nSPS) is 12.8. The summed E-state index contributed by atoms with van der Waals surface area (Å²) in [6.07, 6.45) is 2.68. The Labute approximate surface area is 94.2 Å². The number of hydrogen-bond donors (Lipinski definition) is 0. The summed E-state index contributed by atoms with van der Waals surface area (Å²) in [6, 6.07) is 0. The van der Waals surface area contributed by atoms with Gasteiger partial charge in [0.15, 0.2) is 5.78 Å². The van der Waals surface area contributed by atoms with Crippen molar-refractivity contribution in [3.05, 3.63) is 16.9 Å². The number of halogens is 1. The van der Waals surface area contributed by atoms with Crippen molar-refractivity contribution in [1.29, 1.82) is 0 Å². The number of hydrogen-bond acceptors (Lipinski definition) is 3. The van der Waals surface area contributed by atoms with Crippen molar-refractivity contribution in [3.8, 4) is 0 Å². The van der Waals surface area contributed by atoms with E-state index in [1.165, 1.54) is 10.9 Å². The summed E-state index contributed by atoms with van der Waals surface area (Å²) >= 11 is 5.85. The predicted octanol–water partition coefficient (Wildman–Crippen LogP) is 2.07. The van der Waals surface area contributed by atoms with Crippen LogP contribution in [0.25, 0.3) is 0 Å². The summed E-state index contributed by atoms with van der Waals surface area (Å²) in [6.45, 7) is 1.93. The number of rotatable bonds is 5. The van der Waals surface area contributed by atoms with Gasteiger partial charge in [-0.1, -0.05) is 11.6 Å². The van der Waals surface area contributed by atoms with E-state index >= 15 is 0 Å². The third-order valence-electron chi connectivity index (χ3n) is 2.34. The SMILES string of the molecule is COC(C)CCC(=O)c1c(Cl)cnn1C. The highest BCUT2D eigenvalue weighted by molar-refractivity contribution is 6.33. The van der Waals surface area contributed by atoms with E-state index in [9.17, 15) is 4.79 Å². The molecular formula is C10H15ClN2O2. The molecule has 0 fully saturated rings. The van der Waals surface area contributed by atoms with E-state index in [0.717, 1.165) is 0 Å². The fraction of sp³-hybridized carbons (Fsp3) is 0.600. The second-order valence-electron chi connectivity index (χ2n) is 3.47. The first-order chi connectivity index (χ1) is 7.06. The minimum atomic E-state index is 0.00361. The van der Waals surface area contributed by atoms with Gasteiger partial charge in [-0.25, -0.2) is 0 Å². The maximum Gasteiger partial charge on any atom is 0.182 e. The van der Waals surface area contributed by atoms with Crippen LogP contribution in [-0.2, 0) is 11.8 Å². The van der Waals surface area contributed by atoms with Gasteiger partial charge in [-0.05, 0) is 13.3 Å². The van der Waals surface area contributed by atoms with Gasteiger partial charge in [0.1, 0.15) is 5.69 Å². The molecule has 0 N–H and O–H groups in total. The Morgan fingerprint density at radius 2 is 2.40 bits per heavy atom. The van der Waals surface area contributed by atoms with Crippen molar-refractivity contribution in [2.45, 2.75) is 25.9 Å². The van der Waals surface area contributed by atoms with Gasteiger partial charge in [-0.15, -0.1) is 0 Å². The van der Waals surface area contributed by atoms with Crippen LogP contribution in [0.15, 0.2) is 6.20 Å². The number of ketones is 1. The molecule has 0 amide bonds. The zero-order valence-corrected chi connectivity index (χ0v) is 9.91. The highest BCUT2D eigenvalue weighted by Crippen LogP contribution is 2.17. The minimum Gasteiger partial charge on any atom is -0.382 e. The molecule has 1 aromatic heterocycles.